The van der Waals surface area contributed by atoms with Gasteiger partial charge in [-0.15, -0.1) is 0 Å². The van der Waals surface area contributed by atoms with Crippen LogP contribution in [0.25, 0.3) is 0 Å². The van der Waals surface area contributed by atoms with E-state index in [1.807, 2.05) is 18.2 Å². The van der Waals surface area contributed by atoms with Crippen LogP contribution in [0, 0.1) is 0 Å². The second-order valence-electron chi connectivity index (χ2n) is 6.87. The molecule has 2 aromatic carbocycles. The van der Waals surface area contributed by atoms with Gasteiger partial charge in [0.2, 0.25) is 5.91 Å². The number of anilines is 4. The number of carbonyl (C=O) groups excluding carboxylic acids is 2. The van der Waals surface area contributed by atoms with E-state index in [-0.39, 0.29) is 17.5 Å². The molecule has 0 aliphatic carbocycles. The molecular weight excluding hydrogens is 366 g/mol. The third-order valence-corrected chi connectivity index (χ3v) is 4.17. The van der Waals surface area contributed by atoms with Gasteiger partial charge in [0.25, 0.3) is 5.91 Å². The minimum absolute atomic E-state index is 0.179. The Labute approximate surface area is 169 Å². The maximum Gasteiger partial charge on any atom is 0.275 e. The highest BCUT2D eigenvalue weighted by Gasteiger charge is 2.11. The third-order valence-electron chi connectivity index (χ3n) is 4.17. The molecule has 7 heteroatoms. The molecule has 148 valence electrons. The predicted molar refractivity (Wildman–Crippen MR) is 115 cm³/mol. The maximum absolute atomic E-state index is 12.4. The molecule has 1 aromatic heterocycles. The Morgan fingerprint density at radius 1 is 0.897 bits per heavy atom. The number of amides is 2. The van der Waals surface area contributed by atoms with Crippen LogP contribution in [-0.2, 0) is 4.79 Å². The van der Waals surface area contributed by atoms with Crippen LogP contribution < -0.4 is 16.0 Å². The minimum atomic E-state index is -0.383. The van der Waals surface area contributed by atoms with E-state index in [0.29, 0.717) is 23.1 Å². The molecule has 3 N–H and O–H groups in total. The van der Waals surface area contributed by atoms with Crippen molar-refractivity contribution in [3.05, 3.63) is 72.2 Å². The fourth-order valence-corrected chi connectivity index (χ4v) is 2.84. The second kappa shape index (κ2) is 8.97. The fraction of sp³-hybridized carbons (Fsp3) is 0.182. The zero-order valence-electron chi connectivity index (χ0n) is 16.6. The molecule has 3 aromatic rings. The zero-order valence-corrected chi connectivity index (χ0v) is 16.6. The molecular formula is C22H23N5O2. The van der Waals surface area contributed by atoms with Crippen molar-refractivity contribution in [2.45, 2.75) is 26.7 Å². The highest BCUT2D eigenvalue weighted by Crippen LogP contribution is 2.26. The summed E-state index contributed by atoms with van der Waals surface area (Å²) < 4.78 is 0. The lowest BCUT2D eigenvalue weighted by Crippen LogP contribution is -2.14. The van der Waals surface area contributed by atoms with Crippen LogP contribution in [-0.4, -0.2) is 21.8 Å². The summed E-state index contributed by atoms with van der Waals surface area (Å²) in [5.41, 5.74) is 3.48. The Bertz CT molecular complexity index is 1020. The summed E-state index contributed by atoms with van der Waals surface area (Å²) in [6.07, 6.45) is 2.95. The summed E-state index contributed by atoms with van der Waals surface area (Å²) in [7, 11) is 0. The monoisotopic (exact) mass is 389 g/mol. The van der Waals surface area contributed by atoms with Crippen molar-refractivity contribution >= 4 is 34.7 Å². The van der Waals surface area contributed by atoms with Crippen molar-refractivity contribution in [1.29, 1.82) is 0 Å². The Morgan fingerprint density at radius 3 is 2.28 bits per heavy atom. The molecule has 0 unspecified atom stereocenters. The molecule has 0 aliphatic rings. The van der Waals surface area contributed by atoms with E-state index < -0.39 is 0 Å². The first-order valence-corrected chi connectivity index (χ1v) is 9.29. The largest absolute Gasteiger partial charge is 0.339 e. The van der Waals surface area contributed by atoms with Crippen molar-refractivity contribution in [2.24, 2.45) is 0 Å². The maximum atomic E-state index is 12.4. The summed E-state index contributed by atoms with van der Waals surface area (Å²) >= 11 is 0. The van der Waals surface area contributed by atoms with Crippen LogP contribution in [0.3, 0.4) is 0 Å². The van der Waals surface area contributed by atoms with E-state index in [9.17, 15) is 9.59 Å². The number of nitrogens with one attached hydrogen (secondary N) is 3. The molecule has 0 radical (unpaired) electrons. The number of nitrogens with zero attached hydrogens (tertiary/aromatic N) is 2. The van der Waals surface area contributed by atoms with Crippen LogP contribution in [0.1, 0.15) is 42.7 Å². The number of carbonyl (C=O) groups is 2. The highest BCUT2D eigenvalue weighted by atomic mass is 16.2. The smallest absolute Gasteiger partial charge is 0.275 e. The van der Waals surface area contributed by atoms with Gasteiger partial charge >= 0.3 is 0 Å². The first-order chi connectivity index (χ1) is 13.9. The lowest BCUT2D eigenvalue weighted by Gasteiger charge is -2.14. The quantitative estimate of drug-likeness (QED) is 0.575. The van der Waals surface area contributed by atoms with Crippen molar-refractivity contribution in [3.8, 4) is 0 Å². The van der Waals surface area contributed by atoms with E-state index in [1.165, 1.54) is 24.9 Å². The Balaban J connectivity index is 1.69. The number of aromatic nitrogens is 2. The van der Waals surface area contributed by atoms with Crippen LogP contribution in [0.15, 0.2) is 60.9 Å². The molecule has 0 saturated heterocycles. The van der Waals surface area contributed by atoms with E-state index in [2.05, 4.69) is 45.8 Å². The molecule has 2 amide bonds. The Kier molecular flexibility index (Phi) is 6.19. The van der Waals surface area contributed by atoms with Crippen LogP contribution >= 0.6 is 0 Å². The zero-order chi connectivity index (χ0) is 20.8. The molecule has 3 rings (SSSR count). The highest BCUT2D eigenvalue weighted by molar-refractivity contribution is 6.03. The van der Waals surface area contributed by atoms with Gasteiger partial charge in [-0.1, -0.05) is 38.1 Å². The number of para-hydroxylation sites is 1. The normalized spacial score (nSPS) is 10.5. The standard InChI is InChI=1S/C22H23N5O2/c1-14(2)18-9-4-5-10-19(18)27-21-13-23-20(12-24-21)22(29)26-17-8-6-7-16(11-17)25-15(3)28/h4-14H,1-3H3,(H,24,27)(H,25,28)(H,26,29). The molecule has 0 saturated carbocycles. The van der Waals surface area contributed by atoms with Crippen molar-refractivity contribution in [3.63, 3.8) is 0 Å². The molecule has 1 heterocycles. The summed E-state index contributed by atoms with van der Waals surface area (Å²) in [6.45, 7) is 5.68. The van der Waals surface area contributed by atoms with Gasteiger partial charge < -0.3 is 16.0 Å². The molecule has 0 aliphatic heterocycles. The van der Waals surface area contributed by atoms with Crippen molar-refractivity contribution < 1.29 is 9.59 Å². The van der Waals surface area contributed by atoms with Gasteiger partial charge in [-0.25, -0.2) is 9.97 Å². The van der Waals surface area contributed by atoms with Gasteiger partial charge in [-0.3, -0.25) is 9.59 Å². The molecule has 0 fully saturated rings. The van der Waals surface area contributed by atoms with Crippen LogP contribution in [0.4, 0.5) is 22.9 Å². The number of rotatable bonds is 6. The fourth-order valence-electron chi connectivity index (χ4n) is 2.84. The number of benzene rings is 2. The Morgan fingerprint density at radius 2 is 1.62 bits per heavy atom. The average molecular weight is 389 g/mol. The summed E-state index contributed by atoms with van der Waals surface area (Å²) in [5, 5.41) is 8.68. The summed E-state index contributed by atoms with van der Waals surface area (Å²) in [5.74, 6) is 0.361. The van der Waals surface area contributed by atoms with Crippen LogP contribution in [0.5, 0.6) is 0 Å². The lowest BCUT2D eigenvalue weighted by atomic mass is 10.0. The van der Waals surface area contributed by atoms with Gasteiger partial charge in [0.05, 0.1) is 12.4 Å². The average Bonchev–Trinajstić information content (AvgIpc) is 2.68. The van der Waals surface area contributed by atoms with Crippen LogP contribution in [0.2, 0.25) is 0 Å². The first kappa shape index (κ1) is 20.0. The lowest BCUT2D eigenvalue weighted by molar-refractivity contribution is -0.114. The SMILES string of the molecule is CC(=O)Nc1cccc(NC(=O)c2cnc(Nc3ccccc3C(C)C)cn2)c1. The number of hydrogen-bond acceptors (Lipinski definition) is 5. The molecule has 0 atom stereocenters. The van der Waals surface area contributed by atoms with E-state index >= 15 is 0 Å². The molecule has 7 nitrogen and oxygen atoms in total. The Hall–Kier alpha value is -3.74. The second-order valence-corrected chi connectivity index (χ2v) is 6.87. The number of hydrogen-bond donors (Lipinski definition) is 3. The van der Waals surface area contributed by atoms with E-state index in [1.54, 1.807) is 24.3 Å². The van der Waals surface area contributed by atoms with Crippen molar-refractivity contribution in [2.75, 3.05) is 16.0 Å². The van der Waals surface area contributed by atoms with Gasteiger partial charge in [0.1, 0.15) is 11.5 Å². The van der Waals surface area contributed by atoms with Crippen molar-refractivity contribution in [1.82, 2.24) is 9.97 Å². The van der Waals surface area contributed by atoms with E-state index in [0.717, 1.165) is 5.69 Å². The molecule has 29 heavy (non-hydrogen) atoms. The summed E-state index contributed by atoms with van der Waals surface area (Å²) in [4.78, 5) is 32.1. The first-order valence-electron chi connectivity index (χ1n) is 9.29. The predicted octanol–water partition coefficient (Wildman–Crippen LogP) is 4.55. The van der Waals surface area contributed by atoms with Gasteiger partial charge in [0.15, 0.2) is 0 Å². The van der Waals surface area contributed by atoms with E-state index in [4.69, 9.17) is 0 Å². The minimum Gasteiger partial charge on any atom is -0.339 e. The topological polar surface area (TPSA) is 96.0 Å². The molecule has 0 bridgehead atoms. The third kappa shape index (κ3) is 5.38. The van der Waals surface area contributed by atoms with Gasteiger partial charge in [-0.05, 0) is 35.7 Å². The van der Waals surface area contributed by atoms with Gasteiger partial charge in [-0.2, -0.15) is 0 Å². The molecule has 0 spiro atoms. The summed E-state index contributed by atoms with van der Waals surface area (Å²) in [6, 6.07) is 14.9. The van der Waals surface area contributed by atoms with Gasteiger partial charge in [0, 0.05) is 24.0 Å².